The lowest BCUT2D eigenvalue weighted by molar-refractivity contribution is -0.162. The minimum absolute atomic E-state index is 0.0732. The number of aliphatic carboxylic acids is 1. The van der Waals surface area contributed by atoms with Crippen molar-refractivity contribution in [2.45, 2.75) is 90.4 Å². The van der Waals surface area contributed by atoms with Gasteiger partial charge in [-0.2, -0.15) is 0 Å². The number of carboxylic acids is 1. The molecule has 0 aromatic rings. The van der Waals surface area contributed by atoms with Crippen LogP contribution in [0.15, 0.2) is 12.2 Å². The quantitative estimate of drug-likeness (QED) is 0.376. The number of esters is 1. The molecule has 0 radical (unpaired) electrons. The average Bonchev–Trinajstić information content (AvgIpc) is 2.66. The van der Waals surface area contributed by atoms with E-state index in [9.17, 15) is 19.8 Å². The van der Waals surface area contributed by atoms with Gasteiger partial charge in [0.15, 0.2) is 0 Å². The van der Waals surface area contributed by atoms with Crippen LogP contribution < -0.4 is 0 Å². The summed E-state index contributed by atoms with van der Waals surface area (Å²) in [4.78, 5) is 23.1. The van der Waals surface area contributed by atoms with Crippen LogP contribution in [0.3, 0.4) is 0 Å². The zero-order valence-corrected chi connectivity index (χ0v) is 18.0. The van der Waals surface area contributed by atoms with E-state index < -0.39 is 18.2 Å². The number of fused-ring (bicyclic) bond motifs is 1. The number of carboxylic acid groups (broad SMARTS) is 1. The second kappa shape index (κ2) is 11.1. The topological polar surface area (TPSA) is 104 Å². The summed E-state index contributed by atoms with van der Waals surface area (Å²) in [6.45, 7) is 6.07. The highest BCUT2D eigenvalue weighted by Crippen LogP contribution is 2.46. The summed E-state index contributed by atoms with van der Waals surface area (Å²) < 4.78 is 5.97. The highest BCUT2D eigenvalue weighted by atomic mass is 16.5. The first-order valence-corrected chi connectivity index (χ1v) is 11.2. The third kappa shape index (κ3) is 6.82. The average molecular weight is 411 g/mol. The number of aliphatic hydroxyl groups is 2. The number of carbonyl (C=O) groups is 2. The molecule has 2 rings (SSSR count). The molecular formula is C23H38O6. The van der Waals surface area contributed by atoms with Gasteiger partial charge in [-0.1, -0.05) is 32.9 Å². The molecule has 0 aromatic carbocycles. The molecule has 2 aliphatic carbocycles. The van der Waals surface area contributed by atoms with Crippen molar-refractivity contribution in [2.75, 3.05) is 0 Å². The van der Waals surface area contributed by atoms with Crippen molar-refractivity contribution in [1.29, 1.82) is 0 Å². The van der Waals surface area contributed by atoms with E-state index in [2.05, 4.69) is 19.1 Å². The van der Waals surface area contributed by atoms with Gasteiger partial charge in [-0.25, -0.2) is 0 Å². The van der Waals surface area contributed by atoms with Crippen molar-refractivity contribution in [1.82, 2.24) is 0 Å². The number of allylic oxidation sites excluding steroid dienone is 2. The van der Waals surface area contributed by atoms with E-state index in [1.54, 1.807) is 0 Å². The van der Waals surface area contributed by atoms with Crippen molar-refractivity contribution in [3.63, 3.8) is 0 Å². The third-order valence-electron chi connectivity index (χ3n) is 6.85. The Balaban J connectivity index is 2.01. The summed E-state index contributed by atoms with van der Waals surface area (Å²) in [5.74, 6) is 0.00883. The number of hydrogen-bond donors (Lipinski definition) is 3. The summed E-state index contributed by atoms with van der Waals surface area (Å²) in [6, 6.07) is 0. The number of rotatable bonds is 10. The van der Waals surface area contributed by atoms with Gasteiger partial charge < -0.3 is 20.1 Å². The molecular weight excluding hydrogens is 372 g/mol. The van der Waals surface area contributed by atoms with E-state index in [4.69, 9.17) is 9.84 Å². The van der Waals surface area contributed by atoms with Crippen molar-refractivity contribution in [3.8, 4) is 0 Å². The summed E-state index contributed by atoms with van der Waals surface area (Å²) in [7, 11) is 0. The van der Waals surface area contributed by atoms with Crippen LogP contribution in [-0.4, -0.2) is 45.6 Å². The van der Waals surface area contributed by atoms with Gasteiger partial charge in [0.05, 0.1) is 24.5 Å². The molecule has 1 saturated carbocycles. The van der Waals surface area contributed by atoms with Gasteiger partial charge in [-0.15, -0.1) is 0 Å². The van der Waals surface area contributed by atoms with E-state index in [1.165, 1.54) is 0 Å². The molecule has 0 saturated heterocycles. The molecule has 6 nitrogen and oxygen atoms in total. The van der Waals surface area contributed by atoms with Gasteiger partial charge in [0.2, 0.25) is 0 Å². The van der Waals surface area contributed by atoms with Crippen LogP contribution in [0.2, 0.25) is 0 Å². The second-order valence-electron chi connectivity index (χ2n) is 9.08. The van der Waals surface area contributed by atoms with Gasteiger partial charge in [0.1, 0.15) is 6.10 Å². The van der Waals surface area contributed by atoms with Crippen molar-refractivity contribution in [3.05, 3.63) is 12.2 Å². The van der Waals surface area contributed by atoms with Gasteiger partial charge in [-0.3, -0.25) is 9.59 Å². The Kier molecular flexibility index (Phi) is 9.15. The fraction of sp³-hybridized carbons (Fsp3) is 0.826. The van der Waals surface area contributed by atoms with E-state index in [0.29, 0.717) is 24.2 Å². The predicted octanol–water partition coefficient (Wildman–Crippen LogP) is 3.55. The Morgan fingerprint density at radius 1 is 1.17 bits per heavy atom. The lowest BCUT2D eigenvalue weighted by Crippen LogP contribution is -2.44. The fourth-order valence-corrected chi connectivity index (χ4v) is 4.97. The Morgan fingerprint density at radius 2 is 1.90 bits per heavy atom. The van der Waals surface area contributed by atoms with Gasteiger partial charge >= 0.3 is 11.9 Å². The fourth-order valence-electron chi connectivity index (χ4n) is 4.97. The number of hydrogen-bond acceptors (Lipinski definition) is 5. The standard InChI is InChI=1S/C23H38O6/c1-4-14(2)23(28)29-20-7-5-6-16-9-8-15(3)19(22(16)20)11-10-17(24)12-18(25)13-21(26)27/h8-9,14-20,22,24-25H,4-7,10-13H2,1-3H3,(H,26,27)/t14-,15-,16+,17+,18+,19-,20-,22-/m1/s1. The van der Waals surface area contributed by atoms with E-state index >= 15 is 0 Å². The normalized spacial score (nSPS) is 32.1. The molecule has 0 unspecified atom stereocenters. The SMILES string of the molecule is CC[C@@H](C)C(=O)O[C@@H]1CCC[C@H]2C=C[C@@H](C)[C@@H](CC[C@H](O)C[C@H](O)CC(=O)O)[C@@H]21. The smallest absolute Gasteiger partial charge is 0.308 e. The zero-order valence-electron chi connectivity index (χ0n) is 18.0. The highest BCUT2D eigenvalue weighted by molar-refractivity contribution is 5.72. The van der Waals surface area contributed by atoms with Crippen LogP contribution in [0, 0.1) is 29.6 Å². The maximum atomic E-state index is 12.4. The Hall–Kier alpha value is -1.40. The molecule has 166 valence electrons. The third-order valence-corrected chi connectivity index (χ3v) is 6.85. The molecule has 2 aliphatic rings. The maximum absolute atomic E-state index is 12.4. The molecule has 6 heteroatoms. The van der Waals surface area contributed by atoms with Crippen LogP contribution in [0.25, 0.3) is 0 Å². The first-order valence-electron chi connectivity index (χ1n) is 11.2. The summed E-state index contributed by atoms with van der Waals surface area (Å²) in [5.41, 5.74) is 0. The lowest BCUT2D eigenvalue weighted by Gasteiger charge is -2.46. The molecule has 8 atom stereocenters. The van der Waals surface area contributed by atoms with Crippen LogP contribution in [0.5, 0.6) is 0 Å². The van der Waals surface area contributed by atoms with Crippen molar-refractivity contribution in [2.24, 2.45) is 29.6 Å². The number of aliphatic hydroxyl groups excluding tert-OH is 2. The molecule has 0 spiro atoms. The molecule has 29 heavy (non-hydrogen) atoms. The van der Waals surface area contributed by atoms with Crippen LogP contribution in [0.4, 0.5) is 0 Å². The second-order valence-corrected chi connectivity index (χ2v) is 9.08. The highest BCUT2D eigenvalue weighted by Gasteiger charge is 2.43. The largest absolute Gasteiger partial charge is 0.481 e. The monoisotopic (exact) mass is 410 g/mol. The van der Waals surface area contributed by atoms with Crippen molar-refractivity contribution < 1.29 is 29.6 Å². The van der Waals surface area contributed by atoms with E-state index in [0.717, 1.165) is 32.1 Å². The number of ether oxygens (including phenoxy) is 1. The molecule has 0 bridgehead atoms. The first-order chi connectivity index (χ1) is 13.7. The van der Waals surface area contributed by atoms with E-state index in [-0.39, 0.29) is 36.8 Å². The lowest BCUT2D eigenvalue weighted by atomic mass is 9.62. The minimum Gasteiger partial charge on any atom is -0.481 e. The van der Waals surface area contributed by atoms with Gasteiger partial charge in [-0.05, 0) is 62.7 Å². The molecule has 3 N–H and O–H groups in total. The van der Waals surface area contributed by atoms with Crippen LogP contribution in [-0.2, 0) is 14.3 Å². The summed E-state index contributed by atoms with van der Waals surface area (Å²) in [5, 5.41) is 28.8. The van der Waals surface area contributed by atoms with Gasteiger partial charge in [0.25, 0.3) is 0 Å². The summed E-state index contributed by atoms with van der Waals surface area (Å²) in [6.07, 6.45) is 7.49. The molecule has 0 heterocycles. The maximum Gasteiger partial charge on any atom is 0.308 e. The van der Waals surface area contributed by atoms with Gasteiger partial charge in [0, 0.05) is 5.92 Å². The van der Waals surface area contributed by atoms with Crippen LogP contribution >= 0.6 is 0 Å². The molecule has 0 amide bonds. The Morgan fingerprint density at radius 3 is 2.55 bits per heavy atom. The first kappa shape index (κ1) is 23.9. The Bertz CT molecular complexity index is 574. The number of carbonyl (C=O) groups excluding carboxylic acids is 1. The Labute approximate surface area is 174 Å². The molecule has 1 fully saturated rings. The molecule has 0 aliphatic heterocycles. The van der Waals surface area contributed by atoms with Crippen LogP contribution in [0.1, 0.15) is 72.1 Å². The van der Waals surface area contributed by atoms with E-state index in [1.807, 2.05) is 13.8 Å². The predicted molar refractivity (Wildman–Crippen MR) is 110 cm³/mol. The van der Waals surface area contributed by atoms with Crippen molar-refractivity contribution >= 4 is 11.9 Å². The minimum atomic E-state index is -1.06. The zero-order chi connectivity index (χ0) is 21.6. The summed E-state index contributed by atoms with van der Waals surface area (Å²) >= 11 is 0. The molecule has 0 aromatic heterocycles.